The Morgan fingerprint density at radius 1 is 1.19 bits per heavy atom. The predicted octanol–water partition coefficient (Wildman–Crippen LogP) is 5.24. The van der Waals surface area contributed by atoms with Crippen molar-refractivity contribution in [1.82, 2.24) is 4.90 Å². The van der Waals surface area contributed by atoms with E-state index in [9.17, 15) is 4.79 Å². The van der Waals surface area contributed by atoms with Crippen LogP contribution in [0.3, 0.4) is 0 Å². The number of carbonyl (C=O) groups is 1. The maximum Gasteiger partial charge on any atom is 0.410 e. The Morgan fingerprint density at radius 2 is 1.81 bits per heavy atom. The minimum absolute atomic E-state index is 0.0120. The van der Waals surface area contributed by atoms with E-state index in [0.717, 1.165) is 25.0 Å². The van der Waals surface area contributed by atoms with Crippen LogP contribution in [-0.2, 0) is 9.57 Å². The monoisotopic (exact) mass is 366 g/mol. The Morgan fingerprint density at radius 3 is 2.27 bits per heavy atom. The Balaban J connectivity index is 2.18. The molecule has 0 N–H and O–H groups in total. The molecule has 2 heterocycles. The summed E-state index contributed by atoms with van der Waals surface area (Å²) in [5, 5.41) is 4.48. The minimum Gasteiger partial charge on any atom is -0.444 e. The van der Waals surface area contributed by atoms with Gasteiger partial charge in [0.25, 0.3) is 0 Å². The molecule has 0 radical (unpaired) electrons. The third kappa shape index (κ3) is 5.14. The molecular formula is C21H38N2O3. The molecule has 26 heavy (non-hydrogen) atoms. The van der Waals surface area contributed by atoms with Crippen LogP contribution in [0.5, 0.6) is 0 Å². The lowest BCUT2D eigenvalue weighted by Crippen LogP contribution is -2.55. The number of hydrogen-bond acceptors (Lipinski definition) is 4. The van der Waals surface area contributed by atoms with Crippen LogP contribution in [0.1, 0.15) is 81.6 Å². The van der Waals surface area contributed by atoms with Crippen molar-refractivity contribution in [2.24, 2.45) is 21.9 Å². The van der Waals surface area contributed by atoms with Crippen LogP contribution in [0, 0.1) is 16.7 Å². The summed E-state index contributed by atoms with van der Waals surface area (Å²) in [6, 6.07) is 0. The Labute approximate surface area is 159 Å². The van der Waals surface area contributed by atoms with Gasteiger partial charge in [-0.05, 0) is 32.6 Å². The van der Waals surface area contributed by atoms with Gasteiger partial charge < -0.3 is 14.5 Å². The van der Waals surface area contributed by atoms with E-state index in [1.165, 1.54) is 0 Å². The fraction of sp³-hybridized carbons (Fsp3) is 0.905. The molecule has 2 unspecified atom stereocenters. The SMILES string of the molecule is CC(C)(C)CC1CN(C(=O)OC(C)(C)C)CCC12CC(C(C)(C)C)=NO2. The van der Waals surface area contributed by atoms with Crippen LogP contribution in [0.25, 0.3) is 0 Å². The van der Waals surface area contributed by atoms with E-state index in [1.54, 1.807) is 0 Å². The zero-order chi connectivity index (χ0) is 20.0. The lowest BCUT2D eigenvalue weighted by atomic mass is 9.69. The standard InChI is InChI=1S/C21H38N2O3/c1-18(2,3)12-15-14-23(17(24)25-20(7,8)9)11-10-21(15)13-16(22-26-21)19(4,5)6/h15H,10-14H2,1-9H3. The topological polar surface area (TPSA) is 51.1 Å². The fourth-order valence-corrected chi connectivity index (χ4v) is 3.78. The molecule has 150 valence electrons. The van der Waals surface area contributed by atoms with Gasteiger partial charge in [-0.3, -0.25) is 0 Å². The van der Waals surface area contributed by atoms with Crippen LogP contribution < -0.4 is 0 Å². The molecule has 1 spiro atoms. The molecule has 1 amide bonds. The van der Waals surface area contributed by atoms with Gasteiger partial charge in [-0.15, -0.1) is 0 Å². The highest BCUT2D eigenvalue weighted by Crippen LogP contribution is 2.46. The van der Waals surface area contributed by atoms with Crippen molar-refractivity contribution in [3.8, 4) is 0 Å². The summed E-state index contributed by atoms with van der Waals surface area (Å²) in [5.41, 5.74) is 0.537. The molecular weight excluding hydrogens is 328 g/mol. The molecule has 0 aliphatic carbocycles. The number of piperidine rings is 1. The van der Waals surface area contributed by atoms with Crippen LogP contribution in [0.15, 0.2) is 5.16 Å². The zero-order valence-electron chi connectivity index (χ0n) is 18.2. The molecule has 0 aromatic carbocycles. The van der Waals surface area contributed by atoms with Crippen LogP contribution in [-0.4, -0.2) is 41.0 Å². The Hall–Kier alpha value is -1.26. The molecule has 5 heteroatoms. The third-order valence-electron chi connectivity index (χ3n) is 5.17. The summed E-state index contributed by atoms with van der Waals surface area (Å²) in [6.45, 7) is 20.3. The smallest absolute Gasteiger partial charge is 0.410 e. The van der Waals surface area contributed by atoms with Crippen LogP contribution >= 0.6 is 0 Å². The van der Waals surface area contributed by atoms with Crippen molar-refractivity contribution in [3.05, 3.63) is 0 Å². The van der Waals surface area contributed by atoms with Crippen molar-refractivity contribution in [2.75, 3.05) is 13.1 Å². The first-order valence-electron chi connectivity index (χ1n) is 9.85. The number of ether oxygens (including phenoxy) is 1. The summed E-state index contributed by atoms with van der Waals surface area (Å²) in [5.74, 6) is 0.243. The van der Waals surface area contributed by atoms with Gasteiger partial charge in [0.15, 0.2) is 0 Å². The number of amides is 1. The Bertz CT molecular complexity index is 563. The van der Waals surface area contributed by atoms with Crippen molar-refractivity contribution in [1.29, 1.82) is 0 Å². The second-order valence-corrected chi connectivity index (χ2v) is 11.3. The molecule has 0 bridgehead atoms. The van der Waals surface area contributed by atoms with Crippen LogP contribution in [0.2, 0.25) is 0 Å². The summed E-state index contributed by atoms with van der Waals surface area (Å²) in [7, 11) is 0. The molecule has 1 fully saturated rings. The molecule has 5 nitrogen and oxygen atoms in total. The summed E-state index contributed by atoms with van der Waals surface area (Å²) in [6.07, 6.45) is 2.43. The summed E-state index contributed by atoms with van der Waals surface area (Å²) >= 11 is 0. The van der Waals surface area contributed by atoms with E-state index >= 15 is 0 Å². The largest absolute Gasteiger partial charge is 0.444 e. The van der Waals surface area contributed by atoms with Gasteiger partial charge in [-0.25, -0.2) is 4.79 Å². The van der Waals surface area contributed by atoms with Crippen molar-refractivity contribution in [2.45, 2.75) is 92.8 Å². The molecule has 2 rings (SSSR count). The molecule has 1 saturated heterocycles. The zero-order valence-corrected chi connectivity index (χ0v) is 18.2. The van der Waals surface area contributed by atoms with Gasteiger partial charge in [0.05, 0.1) is 5.71 Å². The number of nitrogens with zero attached hydrogens (tertiary/aromatic N) is 2. The Kier molecular flexibility index (Phi) is 5.44. The molecule has 2 aliphatic heterocycles. The first kappa shape index (κ1) is 21.0. The molecule has 0 saturated carbocycles. The van der Waals surface area contributed by atoms with E-state index in [2.05, 4.69) is 46.7 Å². The average molecular weight is 367 g/mol. The lowest BCUT2D eigenvalue weighted by molar-refractivity contribution is -0.112. The maximum atomic E-state index is 12.6. The van der Waals surface area contributed by atoms with E-state index < -0.39 is 5.60 Å². The molecule has 0 aromatic heterocycles. The predicted molar refractivity (Wildman–Crippen MR) is 105 cm³/mol. The van der Waals surface area contributed by atoms with Gasteiger partial charge in [-0.2, -0.15) is 0 Å². The average Bonchev–Trinajstić information content (AvgIpc) is 2.83. The van der Waals surface area contributed by atoms with E-state index in [-0.39, 0.29) is 28.4 Å². The molecule has 2 atom stereocenters. The van der Waals surface area contributed by atoms with Gasteiger partial charge >= 0.3 is 6.09 Å². The second-order valence-electron chi connectivity index (χ2n) is 11.3. The van der Waals surface area contributed by atoms with Crippen molar-refractivity contribution < 1.29 is 14.4 Å². The highest BCUT2D eigenvalue weighted by molar-refractivity contribution is 5.90. The summed E-state index contributed by atoms with van der Waals surface area (Å²) in [4.78, 5) is 20.6. The van der Waals surface area contributed by atoms with Gasteiger partial charge in [0, 0.05) is 37.3 Å². The molecule has 0 aromatic rings. The van der Waals surface area contributed by atoms with E-state index in [0.29, 0.717) is 13.1 Å². The number of rotatable bonds is 1. The normalized spacial score (nSPS) is 27.3. The van der Waals surface area contributed by atoms with Gasteiger partial charge in [0.1, 0.15) is 11.2 Å². The second kappa shape index (κ2) is 6.72. The summed E-state index contributed by atoms with van der Waals surface area (Å²) < 4.78 is 5.60. The van der Waals surface area contributed by atoms with E-state index in [1.807, 2.05) is 25.7 Å². The fourth-order valence-electron chi connectivity index (χ4n) is 3.78. The van der Waals surface area contributed by atoms with Crippen molar-refractivity contribution >= 4 is 11.8 Å². The number of carbonyl (C=O) groups excluding carboxylic acids is 1. The highest BCUT2D eigenvalue weighted by Gasteiger charge is 2.52. The number of likely N-dealkylation sites (tertiary alicyclic amines) is 1. The lowest BCUT2D eigenvalue weighted by Gasteiger charge is -2.46. The maximum absolute atomic E-state index is 12.6. The minimum atomic E-state index is -0.474. The first-order valence-corrected chi connectivity index (χ1v) is 9.85. The van der Waals surface area contributed by atoms with E-state index in [4.69, 9.17) is 9.57 Å². The first-order chi connectivity index (χ1) is 11.6. The van der Waals surface area contributed by atoms with Crippen LogP contribution in [0.4, 0.5) is 4.79 Å². The quantitative estimate of drug-likeness (QED) is 0.637. The van der Waals surface area contributed by atoms with Crippen molar-refractivity contribution in [3.63, 3.8) is 0 Å². The molecule has 2 aliphatic rings. The number of hydrogen-bond donors (Lipinski definition) is 0. The third-order valence-corrected chi connectivity index (χ3v) is 5.17. The van der Waals surface area contributed by atoms with Gasteiger partial charge in [-0.1, -0.05) is 46.7 Å². The number of oxime groups is 1. The highest BCUT2D eigenvalue weighted by atomic mass is 16.7. The van der Waals surface area contributed by atoms with Gasteiger partial charge in [0.2, 0.25) is 0 Å².